The van der Waals surface area contributed by atoms with Crippen LogP contribution in [0.1, 0.15) is 18.4 Å². The van der Waals surface area contributed by atoms with Crippen LogP contribution in [0, 0.1) is 0 Å². The van der Waals surface area contributed by atoms with E-state index in [4.69, 9.17) is 15.6 Å². The second-order valence-electron chi connectivity index (χ2n) is 3.85. The summed E-state index contributed by atoms with van der Waals surface area (Å²) in [6, 6.07) is 7.47. The number of hydrogen-bond donors (Lipinski definition) is 3. The van der Waals surface area contributed by atoms with E-state index in [1.54, 1.807) is 0 Å². The maximum Gasteiger partial charge on any atom is 0.224 e. The van der Waals surface area contributed by atoms with Crippen molar-refractivity contribution in [2.75, 3.05) is 25.1 Å². The van der Waals surface area contributed by atoms with Gasteiger partial charge in [-0.15, -0.1) is 0 Å². The molecule has 0 atom stereocenters. The van der Waals surface area contributed by atoms with Crippen LogP contribution in [-0.4, -0.2) is 30.8 Å². The smallest absolute Gasteiger partial charge is 0.224 e. The number of para-hydroxylation sites is 1. The van der Waals surface area contributed by atoms with Crippen molar-refractivity contribution < 1.29 is 14.6 Å². The number of aliphatic hydroxyl groups is 1. The first-order valence-electron chi connectivity index (χ1n) is 6.04. The normalized spacial score (nSPS) is 10.3. The number of hydrogen-bond acceptors (Lipinski definition) is 4. The average Bonchev–Trinajstić information content (AvgIpc) is 2.39. The van der Waals surface area contributed by atoms with Gasteiger partial charge in [0.15, 0.2) is 0 Å². The number of rotatable bonds is 8. The number of nitrogens with two attached hydrogens (primary N) is 1. The van der Waals surface area contributed by atoms with Crippen molar-refractivity contribution in [1.29, 1.82) is 0 Å². The first-order valence-corrected chi connectivity index (χ1v) is 6.04. The van der Waals surface area contributed by atoms with Gasteiger partial charge in [0.25, 0.3) is 0 Å². The van der Waals surface area contributed by atoms with Crippen LogP contribution in [0.25, 0.3) is 0 Å². The summed E-state index contributed by atoms with van der Waals surface area (Å²) in [5, 5.41) is 11.3. The number of benzene rings is 1. The van der Waals surface area contributed by atoms with E-state index in [2.05, 4.69) is 5.32 Å². The molecule has 0 heterocycles. The highest BCUT2D eigenvalue weighted by Gasteiger charge is 2.05. The predicted octanol–water partition coefficient (Wildman–Crippen LogP) is 0.873. The van der Waals surface area contributed by atoms with E-state index in [1.807, 2.05) is 24.3 Å². The highest BCUT2D eigenvalue weighted by Crippen LogP contribution is 2.14. The molecule has 1 aromatic carbocycles. The van der Waals surface area contributed by atoms with Crippen molar-refractivity contribution in [1.82, 2.24) is 0 Å². The fourth-order valence-corrected chi connectivity index (χ4v) is 1.53. The monoisotopic (exact) mass is 252 g/mol. The van der Waals surface area contributed by atoms with E-state index in [0.717, 1.165) is 11.3 Å². The molecule has 0 saturated heterocycles. The average molecular weight is 252 g/mol. The number of amides is 1. The maximum atomic E-state index is 11.7. The molecule has 1 aromatic rings. The summed E-state index contributed by atoms with van der Waals surface area (Å²) in [4.78, 5) is 11.7. The van der Waals surface area contributed by atoms with Crippen LogP contribution in [0.3, 0.4) is 0 Å². The van der Waals surface area contributed by atoms with Crippen molar-refractivity contribution in [3.8, 4) is 0 Å². The Morgan fingerprint density at radius 3 is 2.83 bits per heavy atom. The summed E-state index contributed by atoms with van der Waals surface area (Å²) in [6.07, 6.45) is 1.03. The Hall–Kier alpha value is -1.43. The lowest BCUT2D eigenvalue weighted by Gasteiger charge is -2.09. The number of nitrogens with one attached hydrogen (secondary N) is 1. The summed E-state index contributed by atoms with van der Waals surface area (Å²) in [5.74, 6) is -0.0523. The van der Waals surface area contributed by atoms with Gasteiger partial charge in [-0.25, -0.2) is 0 Å². The first kappa shape index (κ1) is 14.6. The summed E-state index contributed by atoms with van der Waals surface area (Å²) in [5.41, 5.74) is 7.27. The molecular formula is C13H20N2O3. The second-order valence-corrected chi connectivity index (χ2v) is 3.85. The van der Waals surface area contributed by atoms with Crippen LogP contribution in [-0.2, 0) is 16.1 Å². The molecule has 1 rings (SSSR count). The van der Waals surface area contributed by atoms with Crippen LogP contribution in [0.4, 0.5) is 5.69 Å². The molecular weight excluding hydrogens is 232 g/mol. The molecule has 0 bridgehead atoms. The van der Waals surface area contributed by atoms with Crippen LogP contribution >= 0.6 is 0 Å². The summed E-state index contributed by atoms with van der Waals surface area (Å²) < 4.78 is 5.08. The van der Waals surface area contributed by atoms with Crippen molar-refractivity contribution in [2.45, 2.75) is 19.4 Å². The standard InChI is InChI=1S/C13H20N2O3/c14-10-11-4-1-2-5-12(11)15-13(17)6-3-8-18-9-7-16/h1-2,4-5,16H,3,6-10,14H2,(H,15,17). The molecule has 0 aromatic heterocycles. The molecule has 100 valence electrons. The topological polar surface area (TPSA) is 84.6 Å². The number of carbonyl (C=O) groups is 1. The molecule has 0 aliphatic heterocycles. The van der Waals surface area contributed by atoms with E-state index in [-0.39, 0.29) is 12.5 Å². The zero-order chi connectivity index (χ0) is 13.2. The second kappa shape index (κ2) is 8.63. The van der Waals surface area contributed by atoms with Gasteiger partial charge in [-0.05, 0) is 18.1 Å². The number of carbonyl (C=O) groups excluding carboxylic acids is 1. The van der Waals surface area contributed by atoms with Crippen LogP contribution in [0.5, 0.6) is 0 Å². The van der Waals surface area contributed by atoms with Gasteiger partial charge in [0, 0.05) is 25.3 Å². The minimum Gasteiger partial charge on any atom is -0.394 e. The number of aliphatic hydroxyl groups excluding tert-OH is 1. The maximum absolute atomic E-state index is 11.7. The van der Waals surface area contributed by atoms with Gasteiger partial charge in [-0.3, -0.25) is 4.79 Å². The van der Waals surface area contributed by atoms with Crippen molar-refractivity contribution in [3.05, 3.63) is 29.8 Å². The zero-order valence-electron chi connectivity index (χ0n) is 10.4. The van der Waals surface area contributed by atoms with Gasteiger partial charge < -0.3 is 20.9 Å². The van der Waals surface area contributed by atoms with Crippen LogP contribution < -0.4 is 11.1 Å². The fraction of sp³-hybridized carbons (Fsp3) is 0.462. The minimum absolute atomic E-state index is 0.00999. The van der Waals surface area contributed by atoms with E-state index in [1.165, 1.54) is 0 Å². The number of ether oxygens (including phenoxy) is 1. The van der Waals surface area contributed by atoms with Gasteiger partial charge in [0.2, 0.25) is 5.91 Å². The number of anilines is 1. The first-order chi connectivity index (χ1) is 8.77. The predicted molar refractivity (Wildman–Crippen MR) is 70.1 cm³/mol. The molecule has 0 aliphatic carbocycles. The molecule has 5 nitrogen and oxygen atoms in total. The molecule has 5 heteroatoms. The lowest BCUT2D eigenvalue weighted by molar-refractivity contribution is -0.116. The van der Waals surface area contributed by atoms with Gasteiger partial charge in [0.05, 0.1) is 13.2 Å². The molecule has 0 saturated carbocycles. The molecule has 0 unspecified atom stereocenters. The van der Waals surface area contributed by atoms with Crippen molar-refractivity contribution >= 4 is 11.6 Å². The highest BCUT2D eigenvalue weighted by molar-refractivity contribution is 5.91. The Balaban J connectivity index is 2.31. The fourth-order valence-electron chi connectivity index (χ4n) is 1.53. The lowest BCUT2D eigenvalue weighted by Crippen LogP contribution is -2.14. The molecule has 4 N–H and O–H groups in total. The molecule has 0 spiro atoms. The van der Waals surface area contributed by atoms with Gasteiger partial charge in [-0.1, -0.05) is 18.2 Å². The van der Waals surface area contributed by atoms with Gasteiger partial charge >= 0.3 is 0 Å². The van der Waals surface area contributed by atoms with E-state index >= 15 is 0 Å². The summed E-state index contributed by atoms with van der Waals surface area (Å²) >= 11 is 0. The van der Waals surface area contributed by atoms with Gasteiger partial charge in [-0.2, -0.15) is 0 Å². The summed E-state index contributed by atoms with van der Waals surface area (Å²) in [6.45, 7) is 1.20. The minimum atomic E-state index is -0.0523. The Labute approximate surface area is 107 Å². The third-order valence-electron chi connectivity index (χ3n) is 2.44. The Kier molecular flexibility index (Phi) is 7.01. The Morgan fingerprint density at radius 2 is 2.11 bits per heavy atom. The highest BCUT2D eigenvalue weighted by atomic mass is 16.5. The third kappa shape index (κ3) is 5.27. The van der Waals surface area contributed by atoms with E-state index < -0.39 is 0 Å². The van der Waals surface area contributed by atoms with E-state index in [0.29, 0.717) is 32.6 Å². The van der Waals surface area contributed by atoms with E-state index in [9.17, 15) is 4.79 Å². The molecule has 18 heavy (non-hydrogen) atoms. The largest absolute Gasteiger partial charge is 0.394 e. The Bertz CT molecular complexity index is 369. The quantitative estimate of drug-likeness (QED) is 0.599. The lowest BCUT2D eigenvalue weighted by atomic mass is 10.1. The van der Waals surface area contributed by atoms with Crippen molar-refractivity contribution in [2.24, 2.45) is 5.73 Å². The third-order valence-corrected chi connectivity index (χ3v) is 2.44. The van der Waals surface area contributed by atoms with Crippen LogP contribution in [0.2, 0.25) is 0 Å². The molecule has 1 amide bonds. The van der Waals surface area contributed by atoms with Crippen molar-refractivity contribution in [3.63, 3.8) is 0 Å². The molecule has 0 aliphatic rings. The molecule has 0 radical (unpaired) electrons. The van der Waals surface area contributed by atoms with Crippen LogP contribution in [0.15, 0.2) is 24.3 Å². The zero-order valence-corrected chi connectivity index (χ0v) is 10.4. The SMILES string of the molecule is NCc1ccccc1NC(=O)CCCOCCO. The summed E-state index contributed by atoms with van der Waals surface area (Å²) in [7, 11) is 0. The Morgan fingerprint density at radius 1 is 1.33 bits per heavy atom. The van der Waals surface area contributed by atoms with Gasteiger partial charge in [0.1, 0.15) is 0 Å². The molecule has 0 fully saturated rings.